The van der Waals surface area contributed by atoms with E-state index in [1.807, 2.05) is 18.2 Å². The molecule has 8 heteroatoms. The Bertz CT molecular complexity index is 1250. The zero-order chi connectivity index (χ0) is 24.7. The molecule has 0 atom stereocenters. The Morgan fingerprint density at radius 1 is 0.857 bits per heavy atom. The quantitative estimate of drug-likeness (QED) is 0.446. The average Bonchev–Trinajstić information content (AvgIpc) is 2.88. The molecule has 0 unspecified atom stereocenters. The zero-order valence-electron chi connectivity index (χ0n) is 19.6. The van der Waals surface area contributed by atoms with Crippen molar-refractivity contribution >= 4 is 33.2 Å². The molecule has 6 nitrogen and oxygen atoms in total. The summed E-state index contributed by atoms with van der Waals surface area (Å²) in [6.07, 6.45) is 3.71. The standard InChI is InChI=1S/C27H30ClN3O3S/c28-25-15-7-8-16-26(25)31(35(33,34)24-13-3-1-4-14-24)21-27(32)29-19-22-11-5-6-12-23(22)20-30-17-9-2-10-18-30/h1,3-8,11-16H,2,9-10,17-21H2,(H,29,32). The number of piperidine rings is 1. The molecule has 1 fully saturated rings. The van der Waals surface area contributed by atoms with Gasteiger partial charge in [0, 0.05) is 13.1 Å². The first kappa shape index (κ1) is 25.2. The maximum atomic E-state index is 13.5. The van der Waals surface area contributed by atoms with Gasteiger partial charge in [0.25, 0.3) is 10.0 Å². The molecule has 1 saturated heterocycles. The molecule has 0 bridgehead atoms. The van der Waals surface area contributed by atoms with E-state index < -0.39 is 15.9 Å². The van der Waals surface area contributed by atoms with Gasteiger partial charge in [-0.05, 0) is 61.3 Å². The topological polar surface area (TPSA) is 69.7 Å². The molecule has 0 aromatic heterocycles. The molecule has 0 saturated carbocycles. The lowest BCUT2D eigenvalue weighted by molar-refractivity contribution is -0.119. The minimum absolute atomic E-state index is 0.0968. The van der Waals surface area contributed by atoms with Gasteiger partial charge in [-0.2, -0.15) is 0 Å². The molecule has 0 aliphatic carbocycles. The fourth-order valence-corrected chi connectivity index (χ4v) is 6.04. The molecule has 3 aromatic carbocycles. The van der Waals surface area contributed by atoms with Crippen LogP contribution in [-0.2, 0) is 27.9 Å². The number of amides is 1. The summed E-state index contributed by atoms with van der Waals surface area (Å²) in [5, 5.41) is 3.17. The predicted octanol–water partition coefficient (Wildman–Crippen LogP) is 4.84. The molecule has 1 heterocycles. The number of anilines is 1. The molecule has 0 radical (unpaired) electrons. The first-order valence-electron chi connectivity index (χ1n) is 11.8. The number of likely N-dealkylation sites (tertiary alicyclic amines) is 1. The van der Waals surface area contributed by atoms with Gasteiger partial charge in [-0.25, -0.2) is 8.42 Å². The lowest BCUT2D eigenvalue weighted by Crippen LogP contribution is -2.41. The summed E-state index contributed by atoms with van der Waals surface area (Å²) in [6, 6.07) is 22.7. The van der Waals surface area contributed by atoms with Gasteiger partial charge in [0.2, 0.25) is 5.91 Å². The van der Waals surface area contributed by atoms with Crippen LogP contribution in [-0.4, -0.2) is 38.9 Å². The molecule has 35 heavy (non-hydrogen) atoms. The normalized spacial score (nSPS) is 14.4. The van der Waals surface area contributed by atoms with E-state index >= 15 is 0 Å². The monoisotopic (exact) mass is 511 g/mol. The van der Waals surface area contributed by atoms with Gasteiger partial charge >= 0.3 is 0 Å². The van der Waals surface area contributed by atoms with Crippen LogP contribution in [0.2, 0.25) is 5.02 Å². The smallest absolute Gasteiger partial charge is 0.264 e. The van der Waals surface area contributed by atoms with Gasteiger partial charge in [-0.15, -0.1) is 0 Å². The van der Waals surface area contributed by atoms with E-state index in [2.05, 4.69) is 16.3 Å². The summed E-state index contributed by atoms with van der Waals surface area (Å²) in [5.74, 6) is -0.405. The summed E-state index contributed by atoms with van der Waals surface area (Å²) in [5.41, 5.74) is 2.47. The molecule has 3 aromatic rings. The molecule has 4 rings (SSSR count). The van der Waals surface area contributed by atoms with Crippen molar-refractivity contribution in [2.24, 2.45) is 0 Å². The van der Waals surface area contributed by atoms with Crippen molar-refractivity contribution in [1.29, 1.82) is 0 Å². The van der Waals surface area contributed by atoms with Crippen LogP contribution in [0, 0.1) is 0 Å². The van der Waals surface area contributed by atoms with Gasteiger partial charge < -0.3 is 5.32 Å². The lowest BCUT2D eigenvalue weighted by Gasteiger charge is -2.27. The molecule has 184 valence electrons. The maximum absolute atomic E-state index is 13.5. The van der Waals surface area contributed by atoms with Gasteiger partial charge in [0.05, 0.1) is 15.6 Å². The van der Waals surface area contributed by atoms with Crippen LogP contribution in [0.5, 0.6) is 0 Å². The van der Waals surface area contributed by atoms with E-state index in [1.165, 1.54) is 37.0 Å². The highest BCUT2D eigenvalue weighted by atomic mass is 35.5. The van der Waals surface area contributed by atoms with Crippen LogP contribution in [0.15, 0.2) is 83.8 Å². The number of carbonyl (C=O) groups is 1. The van der Waals surface area contributed by atoms with Crippen LogP contribution >= 0.6 is 11.6 Å². The summed E-state index contributed by atoms with van der Waals surface area (Å²) in [4.78, 5) is 15.6. The number of rotatable bonds is 9. The van der Waals surface area contributed by atoms with Crippen molar-refractivity contribution in [3.63, 3.8) is 0 Å². The predicted molar refractivity (Wildman–Crippen MR) is 140 cm³/mol. The van der Waals surface area contributed by atoms with E-state index in [0.29, 0.717) is 6.54 Å². The lowest BCUT2D eigenvalue weighted by atomic mass is 10.0. The van der Waals surface area contributed by atoms with Crippen molar-refractivity contribution in [2.75, 3.05) is 23.9 Å². The Kier molecular flexibility index (Phi) is 8.44. The van der Waals surface area contributed by atoms with Crippen LogP contribution in [0.25, 0.3) is 0 Å². The Hall–Kier alpha value is -2.87. The number of halogens is 1. The van der Waals surface area contributed by atoms with Crippen molar-refractivity contribution in [3.8, 4) is 0 Å². The van der Waals surface area contributed by atoms with E-state index in [4.69, 9.17) is 11.6 Å². The third kappa shape index (κ3) is 6.42. The summed E-state index contributed by atoms with van der Waals surface area (Å²) in [7, 11) is -4.00. The van der Waals surface area contributed by atoms with E-state index in [-0.39, 0.29) is 22.2 Å². The third-order valence-electron chi connectivity index (χ3n) is 6.18. The SMILES string of the molecule is O=C(CN(c1ccccc1Cl)S(=O)(=O)c1ccccc1)NCc1ccccc1CN1CCCCC1. The second-order valence-corrected chi connectivity index (χ2v) is 10.9. The molecule has 1 amide bonds. The fraction of sp³-hybridized carbons (Fsp3) is 0.296. The fourth-order valence-electron chi connectivity index (χ4n) is 4.30. The van der Waals surface area contributed by atoms with E-state index in [1.54, 1.807) is 42.5 Å². The maximum Gasteiger partial charge on any atom is 0.264 e. The van der Waals surface area contributed by atoms with Gasteiger partial charge in [0.1, 0.15) is 6.54 Å². The Balaban J connectivity index is 1.50. The molecular weight excluding hydrogens is 482 g/mol. The number of sulfonamides is 1. The van der Waals surface area contributed by atoms with Crippen LogP contribution in [0.4, 0.5) is 5.69 Å². The first-order valence-corrected chi connectivity index (χ1v) is 13.6. The van der Waals surface area contributed by atoms with E-state index in [9.17, 15) is 13.2 Å². The van der Waals surface area contributed by atoms with Gasteiger partial charge in [-0.3, -0.25) is 14.0 Å². The third-order valence-corrected chi connectivity index (χ3v) is 8.27. The van der Waals surface area contributed by atoms with Crippen LogP contribution in [0.3, 0.4) is 0 Å². The number of carbonyl (C=O) groups excluding carboxylic acids is 1. The number of hydrogen-bond acceptors (Lipinski definition) is 4. The number of nitrogens with one attached hydrogen (secondary N) is 1. The Morgan fingerprint density at radius 3 is 2.20 bits per heavy atom. The minimum atomic E-state index is -4.00. The van der Waals surface area contributed by atoms with Crippen LogP contribution < -0.4 is 9.62 Å². The zero-order valence-corrected chi connectivity index (χ0v) is 21.1. The van der Waals surface area contributed by atoms with Gasteiger partial charge in [0.15, 0.2) is 0 Å². The summed E-state index contributed by atoms with van der Waals surface area (Å²) < 4.78 is 28.0. The highest BCUT2D eigenvalue weighted by Crippen LogP contribution is 2.30. The summed E-state index contributed by atoms with van der Waals surface area (Å²) >= 11 is 6.34. The van der Waals surface area contributed by atoms with Crippen molar-refractivity contribution in [2.45, 2.75) is 37.2 Å². The van der Waals surface area contributed by atoms with E-state index in [0.717, 1.165) is 29.5 Å². The molecule has 1 aliphatic rings. The highest BCUT2D eigenvalue weighted by molar-refractivity contribution is 7.92. The van der Waals surface area contributed by atoms with Gasteiger partial charge in [-0.1, -0.05) is 72.6 Å². The molecule has 1 aliphatic heterocycles. The van der Waals surface area contributed by atoms with Crippen LogP contribution in [0.1, 0.15) is 30.4 Å². The van der Waals surface area contributed by atoms with Crippen molar-refractivity contribution in [1.82, 2.24) is 10.2 Å². The average molecular weight is 512 g/mol. The Morgan fingerprint density at radius 2 is 1.49 bits per heavy atom. The second-order valence-electron chi connectivity index (χ2n) is 8.66. The molecule has 1 N–H and O–H groups in total. The first-order chi connectivity index (χ1) is 16.9. The molecular formula is C27H30ClN3O3S. The van der Waals surface area contributed by atoms with Crippen molar-refractivity contribution < 1.29 is 13.2 Å². The number of para-hydroxylation sites is 1. The summed E-state index contributed by atoms with van der Waals surface area (Å²) in [6.45, 7) is 2.97. The largest absolute Gasteiger partial charge is 0.350 e. The number of benzene rings is 3. The number of nitrogens with zero attached hydrogens (tertiary/aromatic N) is 2. The minimum Gasteiger partial charge on any atom is -0.350 e. The highest BCUT2D eigenvalue weighted by Gasteiger charge is 2.28. The molecule has 0 spiro atoms. The van der Waals surface area contributed by atoms with Crippen molar-refractivity contribution in [3.05, 3.63) is 95.0 Å². The number of hydrogen-bond donors (Lipinski definition) is 1. The second kappa shape index (κ2) is 11.7. The Labute approximate surface area is 212 Å².